The van der Waals surface area contributed by atoms with Crippen molar-refractivity contribution in [3.05, 3.63) is 48.5 Å². The van der Waals surface area contributed by atoms with E-state index in [0.717, 1.165) is 21.5 Å². The molecule has 2 heterocycles. The maximum absolute atomic E-state index is 5.66. The Kier molecular flexibility index (Phi) is 3.36. The van der Waals surface area contributed by atoms with Gasteiger partial charge in [-0.25, -0.2) is 4.98 Å². The summed E-state index contributed by atoms with van der Waals surface area (Å²) in [4.78, 5) is 8.53. The third-order valence-electron chi connectivity index (χ3n) is 3.08. The van der Waals surface area contributed by atoms with E-state index in [1.165, 1.54) is 11.8 Å². The molecule has 0 unspecified atom stereocenters. The van der Waals surface area contributed by atoms with E-state index in [1.807, 2.05) is 48.5 Å². The molecule has 4 aromatic rings. The molecule has 0 spiro atoms. The Bertz CT molecular complexity index is 933. The minimum Gasteiger partial charge on any atom is -0.411 e. The first-order valence-electron chi connectivity index (χ1n) is 6.54. The van der Waals surface area contributed by atoms with Gasteiger partial charge in [0.05, 0.1) is 5.52 Å². The van der Waals surface area contributed by atoms with Crippen molar-refractivity contribution in [1.82, 2.24) is 20.2 Å². The first-order chi connectivity index (χ1) is 10.8. The first kappa shape index (κ1) is 13.4. The molecular weight excluding hydrogens is 316 g/mol. The van der Waals surface area contributed by atoms with E-state index in [9.17, 15) is 0 Å². The highest BCUT2D eigenvalue weighted by atomic mass is 32.2. The molecule has 2 aromatic heterocycles. The maximum atomic E-state index is 5.66. The van der Waals surface area contributed by atoms with Crippen LogP contribution in [0.25, 0.3) is 22.5 Å². The lowest BCUT2D eigenvalue weighted by molar-refractivity contribution is 0.465. The van der Waals surface area contributed by atoms with Crippen LogP contribution in [0.1, 0.15) is 0 Å². The van der Waals surface area contributed by atoms with Gasteiger partial charge in [-0.05, 0) is 24.3 Å². The van der Waals surface area contributed by atoms with Crippen LogP contribution >= 0.6 is 24.4 Å². The number of aromatic nitrogens is 4. The van der Waals surface area contributed by atoms with Gasteiger partial charge in [0.25, 0.3) is 5.22 Å². The molecule has 0 amide bonds. The number of nitrogens with one attached hydrogen (secondary N) is 1. The molecule has 0 saturated carbocycles. The second-order valence-electron chi connectivity index (χ2n) is 4.56. The summed E-state index contributed by atoms with van der Waals surface area (Å²) >= 11 is 5.70. The monoisotopic (exact) mass is 326 g/mol. The van der Waals surface area contributed by atoms with E-state index in [0.29, 0.717) is 16.3 Å². The number of rotatable bonds is 3. The Labute approximate surface area is 135 Å². The molecule has 0 aliphatic rings. The van der Waals surface area contributed by atoms with Gasteiger partial charge in [0, 0.05) is 22.2 Å². The minimum atomic E-state index is 0.443. The zero-order valence-electron chi connectivity index (χ0n) is 11.2. The fraction of sp³-hybridized carbons (Fsp3) is 0. The number of hydrogen-bond donors (Lipinski definition) is 2. The average molecular weight is 326 g/mol. The second-order valence-corrected chi connectivity index (χ2v) is 5.98. The molecule has 0 atom stereocenters. The van der Waals surface area contributed by atoms with Crippen LogP contribution in [0.15, 0.2) is 68.2 Å². The van der Waals surface area contributed by atoms with Gasteiger partial charge in [-0.2, -0.15) is 0 Å². The molecule has 0 fully saturated rings. The Morgan fingerprint density at radius 1 is 1.00 bits per heavy atom. The summed E-state index contributed by atoms with van der Waals surface area (Å²) in [7, 11) is 0. The number of nitrogens with zero attached hydrogens (tertiary/aromatic N) is 3. The molecule has 1 N–H and O–H groups in total. The van der Waals surface area contributed by atoms with Crippen molar-refractivity contribution in [3.63, 3.8) is 0 Å². The van der Waals surface area contributed by atoms with E-state index in [-0.39, 0.29) is 0 Å². The van der Waals surface area contributed by atoms with Crippen LogP contribution in [0.3, 0.4) is 0 Å². The smallest absolute Gasteiger partial charge is 0.284 e. The number of aromatic amines is 1. The Morgan fingerprint density at radius 3 is 2.68 bits per heavy atom. The zero-order chi connectivity index (χ0) is 14.9. The molecule has 0 radical (unpaired) electrons. The van der Waals surface area contributed by atoms with Crippen molar-refractivity contribution in [2.75, 3.05) is 0 Å². The lowest BCUT2D eigenvalue weighted by Crippen LogP contribution is -1.76. The van der Waals surface area contributed by atoms with Crippen molar-refractivity contribution in [2.45, 2.75) is 15.3 Å². The van der Waals surface area contributed by atoms with Gasteiger partial charge in [-0.1, -0.05) is 24.3 Å². The maximum Gasteiger partial charge on any atom is 0.284 e. The van der Waals surface area contributed by atoms with E-state index >= 15 is 0 Å². The van der Waals surface area contributed by atoms with Gasteiger partial charge in [0.2, 0.25) is 5.89 Å². The zero-order valence-corrected chi connectivity index (χ0v) is 12.9. The number of H-pyrrole nitrogens is 1. The van der Waals surface area contributed by atoms with E-state index < -0.39 is 0 Å². The van der Waals surface area contributed by atoms with Crippen molar-refractivity contribution in [1.29, 1.82) is 0 Å². The van der Waals surface area contributed by atoms with Crippen molar-refractivity contribution in [2.24, 2.45) is 0 Å². The quantitative estimate of drug-likeness (QED) is 0.556. The Hall–Kier alpha value is -2.25. The highest BCUT2D eigenvalue weighted by molar-refractivity contribution is 7.99. The summed E-state index contributed by atoms with van der Waals surface area (Å²) < 4.78 is 5.66. The van der Waals surface area contributed by atoms with Crippen LogP contribution in [0.4, 0.5) is 0 Å². The van der Waals surface area contributed by atoms with Crippen LogP contribution in [-0.2, 0) is 0 Å². The number of para-hydroxylation sites is 1. The Morgan fingerprint density at radius 2 is 1.86 bits per heavy atom. The van der Waals surface area contributed by atoms with Gasteiger partial charge in [-0.15, -0.1) is 22.8 Å². The molecule has 0 saturated heterocycles. The van der Waals surface area contributed by atoms with Crippen LogP contribution < -0.4 is 0 Å². The summed E-state index contributed by atoms with van der Waals surface area (Å²) in [5.74, 6) is 0.495. The molecule has 5 nitrogen and oxygen atoms in total. The number of fused-ring (bicyclic) bond motifs is 1. The van der Waals surface area contributed by atoms with Gasteiger partial charge >= 0.3 is 0 Å². The fourth-order valence-corrected chi connectivity index (χ4v) is 3.00. The van der Waals surface area contributed by atoms with Crippen molar-refractivity contribution in [3.8, 4) is 11.5 Å². The van der Waals surface area contributed by atoms with Gasteiger partial charge in [0.15, 0.2) is 5.16 Å². The largest absolute Gasteiger partial charge is 0.411 e. The lowest BCUT2D eigenvalue weighted by Gasteiger charge is -1.92. The summed E-state index contributed by atoms with van der Waals surface area (Å²) in [6.07, 6.45) is 0. The predicted molar refractivity (Wildman–Crippen MR) is 87.2 cm³/mol. The number of thiol groups is 1. The molecule has 2 aromatic carbocycles. The molecule has 0 bridgehead atoms. The summed E-state index contributed by atoms with van der Waals surface area (Å²) in [6.45, 7) is 0. The Balaban J connectivity index is 1.63. The molecule has 0 aliphatic heterocycles. The lowest BCUT2D eigenvalue weighted by atomic mass is 10.2. The fourth-order valence-electron chi connectivity index (χ4n) is 2.07. The number of imidazole rings is 1. The van der Waals surface area contributed by atoms with Gasteiger partial charge in [0.1, 0.15) is 5.52 Å². The SMILES string of the molecule is Sc1cccc2[nH]c(Sc3nnc(-c4ccccc4)o3)nc12. The van der Waals surface area contributed by atoms with Gasteiger partial charge in [-0.3, -0.25) is 0 Å². The average Bonchev–Trinajstić information content (AvgIpc) is 3.16. The van der Waals surface area contributed by atoms with Crippen molar-refractivity contribution < 1.29 is 4.42 Å². The van der Waals surface area contributed by atoms with Gasteiger partial charge < -0.3 is 9.40 Å². The van der Waals surface area contributed by atoms with Crippen LogP contribution in [0.5, 0.6) is 0 Å². The summed E-state index contributed by atoms with van der Waals surface area (Å²) in [5.41, 5.74) is 2.65. The minimum absolute atomic E-state index is 0.443. The van der Waals surface area contributed by atoms with E-state index in [1.54, 1.807) is 0 Å². The second kappa shape index (κ2) is 5.51. The normalized spacial score (nSPS) is 11.1. The topological polar surface area (TPSA) is 67.6 Å². The highest BCUT2D eigenvalue weighted by Crippen LogP contribution is 2.30. The van der Waals surface area contributed by atoms with Crippen molar-refractivity contribution >= 4 is 35.4 Å². The number of hydrogen-bond acceptors (Lipinski definition) is 6. The molecule has 4 rings (SSSR count). The molecule has 7 heteroatoms. The summed E-state index contributed by atoms with van der Waals surface area (Å²) in [6, 6.07) is 15.4. The van der Waals surface area contributed by atoms with E-state index in [4.69, 9.17) is 4.42 Å². The van der Waals surface area contributed by atoms with Crippen LogP contribution in [0, 0.1) is 0 Å². The third kappa shape index (κ3) is 2.49. The molecular formula is C15H10N4OS2. The van der Waals surface area contributed by atoms with E-state index in [2.05, 4.69) is 32.8 Å². The third-order valence-corrected chi connectivity index (χ3v) is 4.17. The summed E-state index contributed by atoms with van der Waals surface area (Å²) in [5, 5.41) is 9.24. The molecule has 108 valence electrons. The standard InChI is InChI=1S/C15H10N4OS2/c21-11-8-4-7-10-12(11)17-14(16-10)22-15-19-18-13(20-15)9-5-2-1-3-6-9/h1-8,21H,(H,16,17). The highest BCUT2D eigenvalue weighted by Gasteiger charge is 2.12. The first-order valence-corrected chi connectivity index (χ1v) is 7.80. The number of benzene rings is 2. The molecule has 22 heavy (non-hydrogen) atoms. The van der Waals surface area contributed by atoms with Crippen LogP contribution in [0.2, 0.25) is 0 Å². The molecule has 0 aliphatic carbocycles. The predicted octanol–water partition coefficient (Wildman–Crippen LogP) is 4.05. The van der Waals surface area contributed by atoms with Crippen LogP contribution in [-0.4, -0.2) is 20.2 Å².